The first-order valence-corrected chi connectivity index (χ1v) is 8.97. The number of nitrogens with two attached hydrogens (primary N) is 1. The SMILES string of the molecule is CN(CC1CC2CCC1C2)S(=O)(=O)c1ccc(NN)cc1. The van der Waals surface area contributed by atoms with Gasteiger partial charge in [-0.3, -0.25) is 5.84 Å². The number of anilines is 1. The van der Waals surface area contributed by atoms with Gasteiger partial charge < -0.3 is 5.43 Å². The van der Waals surface area contributed by atoms with Crippen molar-refractivity contribution in [1.82, 2.24) is 4.31 Å². The molecule has 0 amide bonds. The Bertz CT molecular complexity index is 600. The van der Waals surface area contributed by atoms with Crippen molar-refractivity contribution in [3.8, 4) is 0 Å². The second kappa shape index (κ2) is 5.59. The fourth-order valence-electron chi connectivity index (χ4n) is 3.93. The zero-order valence-electron chi connectivity index (χ0n) is 12.3. The first kappa shape index (κ1) is 14.8. The Balaban J connectivity index is 1.71. The second-order valence-electron chi connectivity index (χ2n) is 6.39. The molecule has 5 nitrogen and oxygen atoms in total. The normalized spacial score (nSPS) is 28.2. The fourth-order valence-corrected chi connectivity index (χ4v) is 5.16. The Labute approximate surface area is 126 Å². The van der Waals surface area contributed by atoms with Gasteiger partial charge in [0.1, 0.15) is 0 Å². The van der Waals surface area contributed by atoms with Gasteiger partial charge in [-0.05, 0) is 61.3 Å². The second-order valence-corrected chi connectivity index (χ2v) is 8.43. The first-order valence-electron chi connectivity index (χ1n) is 7.53. The van der Waals surface area contributed by atoms with Crippen molar-refractivity contribution in [2.75, 3.05) is 19.0 Å². The molecule has 6 heteroatoms. The highest BCUT2D eigenvalue weighted by atomic mass is 32.2. The number of nitrogens with zero attached hydrogens (tertiary/aromatic N) is 1. The van der Waals surface area contributed by atoms with E-state index in [1.807, 2.05) is 0 Å². The molecule has 3 N–H and O–H groups in total. The molecular weight excluding hydrogens is 286 g/mol. The van der Waals surface area contributed by atoms with Crippen molar-refractivity contribution in [1.29, 1.82) is 0 Å². The van der Waals surface area contributed by atoms with E-state index in [2.05, 4.69) is 5.43 Å². The predicted molar refractivity (Wildman–Crippen MR) is 83.0 cm³/mol. The minimum absolute atomic E-state index is 0.326. The summed E-state index contributed by atoms with van der Waals surface area (Å²) in [6.45, 7) is 0.639. The van der Waals surface area contributed by atoms with Crippen LogP contribution in [-0.4, -0.2) is 26.3 Å². The topological polar surface area (TPSA) is 75.4 Å². The molecule has 0 radical (unpaired) electrons. The molecule has 0 heterocycles. The van der Waals surface area contributed by atoms with Crippen molar-refractivity contribution in [3.05, 3.63) is 24.3 Å². The van der Waals surface area contributed by atoms with E-state index in [9.17, 15) is 8.42 Å². The van der Waals surface area contributed by atoms with Gasteiger partial charge in [-0.1, -0.05) is 6.42 Å². The lowest BCUT2D eigenvalue weighted by atomic mass is 9.89. The van der Waals surface area contributed by atoms with Crippen LogP contribution in [0.25, 0.3) is 0 Å². The zero-order valence-corrected chi connectivity index (χ0v) is 13.1. The first-order chi connectivity index (χ1) is 10.0. The van der Waals surface area contributed by atoms with Gasteiger partial charge >= 0.3 is 0 Å². The summed E-state index contributed by atoms with van der Waals surface area (Å²) in [6.07, 6.45) is 5.11. The van der Waals surface area contributed by atoms with E-state index in [0.717, 1.165) is 11.8 Å². The number of hydrogen-bond acceptors (Lipinski definition) is 4. The van der Waals surface area contributed by atoms with E-state index in [4.69, 9.17) is 5.84 Å². The summed E-state index contributed by atoms with van der Waals surface area (Å²) >= 11 is 0. The maximum absolute atomic E-state index is 12.6. The highest BCUT2D eigenvalue weighted by molar-refractivity contribution is 7.89. The van der Waals surface area contributed by atoms with Crippen molar-refractivity contribution in [2.45, 2.75) is 30.6 Å². The van der Waals surface area contributed by atoms with Crippen LogP contribution in [0.3, 0.4) is 0 Å². The highest BCUT2D eigenvalue weighted by Crippen LogP contribution is 2.48. The van der Waals surface area contributed by atoms with Crippen LogP contribution in [0.4, 0.5) is 5.69 Å². The van der Waals surface area contributed by atoms with Gasteiger partial charge in [-0.15, -0.1) is 0 Å². The summed E-state index contributed by atoms with van der Waals surface area (Å²) in [6, 6.07) is 6.56. The molecule has 2 bridgehead atoms. The standard InChI is InChI=1S/C15H23N3O2S/c1-18(10-13-9-11-2-3-12(13)8-11)21(19,20)15-6-4-14(17-16)5-7-15/h4-7,11-13,17H,2-3,8-10,16H2,1H3. The highest BCUT2D eigenvalue weighted by Gasteiger charge is 2.40. The number of fused-ring (bicyclic) bond motifs is 2. The van der Waals surface area contributed by atoms with Crippen LogP contribution in [0.1, 0.15) is 25.7 Å². The number of rotatable bonds is 5. The average Bonchev–Trinajstić information content (AvgIpc) is 3.09. The Morgan fingerprint density at radius 3 is 2.48 bits per heavy atom. The smallest absolute Gasteiger partial charge is 0.242 e. The number of sulfonamides is 1. The zero-order chi connectivity index (χ0) is 15.0. The third-order valence-corrected chi connectivity index (χ3v) is 6.94. The Morgan fingerprint density at radius 2 is 1.95 bits per heavy atom. The van der Waals surface area contributed by atoms with Gasteiger partial charge in [-0.25, -0.2) is 12.7 Å². The van der Waals surface area contributed by atoms with E-state index in [-0.39, 0.29) is 0 Å². The predicted octanol–water partition coefficient (Wildman–Crippen LogP) is 2.03. The van der Waals surface area contributed by atoms with E-state index in [0.29, 0.717) is 23.0 Å². The largest absolute Gasteiger partial charge is 0.324 e. The van der Waals surface area contributed by atoms with Gasteiger partial charge in [0, 0.05) is 19.3 Å². The lowest BCUT2D eigenvalue weighted by molar-refractivity contribution is 0.280. The van der Waals surface area contributed by atoms with Crippen LogP contribution < -0.4 is 11.3 Å². The van der Waals surface area contributed by atoms with Crippen LogP contribution in [0, 0.1) is 17.8 Å². The molecule has 1 aromatic carbocycles. The van der Waals surface area contributed by atoms with Crippen molar-refractivity contribution < 1.29 is 8.42 Å². The number of nitrogens with one attached hydrogen (secondary N) is 1. The molecule has 1 aromatic rings. The Kier molecular flexibility index (Phi) is 3.94. The van der Waals surface area contributed by atoms with Crippen molar-refractivity contribution >= 4 is 15.7 Å². The van der Waals surface area contributed by atoms with Crippen molar-refractivity contribution in [2.24, 2.45) is 23.6 Å². The lowest BCUT2D eigenvalue weighted by Crippen LogP contribution is -2.33. The number of nitrogen functional groups attached to an aromatic ring is 1. The summed E-state index contributed by atoms with van der Waals surface area (Å²) in [5.41, 5.74) is 3.20. The fraction of sp³-hybridized carbons (Fsp3) is 0.600. The molecule has 2 saturated carbocycles. The average molecular weight is 309 g/mol. The van der Waals surface area contributed by atoms with Crippen LogP contribution in [-0.2, 0) is 10.0 Å². The minimum Gasteiger partial charge on any atom is -0.324 e. The molecular formula is C15H23N3O2S. The molecule has 3 atom stereocenters. The molecule has 3 rings (SSSR count). The molecule has 2 fully saturated rings. The van der Waals surface area contributed by atoms with Gasteiger partial charge in [0.15, 0.2) is 0 Å². The molecule has 116 valence electrons. The molecule has 21 heavy (non-hydrogen) atoms. The quantitative estimate of drug-likeness (QED) is 0.644. The maximum Gasteiger partial charge on any atom is 0.242 e. The van der Waals surface area contributed by atoms with Gasteiger partial charge in [-0.2, -0.15) is 0 Å². The molecule has 0 spiro atoms. The molecule has 3 unspecified atom stereocenters. The van der Waals surface area contributed by atoms with E-state index in [1.54, 1.807) is 31.3 Å². The monoisotopic (exact) mass is 309 g/mol. The van der Waals surface area contributed by atoms with E-state index in [1.165, 1.54) is 30.0 Å². The number of benzene rings is 1. The Morgan fingerprint density at radius 1 is 1.24 bits per heavy atom. The summed E-state index contributed by atoms with van der Waals surface area (Å²) in [7, 11) is -1.71. The number of hydrazine groups is 1. The third-order valence-electron chi connectivity index (χ3n) is 5.11. The van der Waals surface area contributed by atoms with Gasteiger partial charge in [0.25, 0.3) is 0 Å². The van der Waals surface area contributed by atoms with Crippen LogP contribution in [0.5, 0.6) is 0 Å². The van der Waals surface area contributed by atoms with E-state index < -0.39 is 10.0 Å². The van der Waals surface area contributed by atoms with Crippen LogP contribution in [0.2, 0.25) is 0 Å². The third kappa shape index (κ3) is 2.80. The molecule has 0 aromatic heterocycles. The summed E-state index contributed by atoms with van der Waals surface area (Å²) in [5, 5.41) is 0. The molecule has 2 aliphatic carbocycles. The summed E-state index contributed by atoms with van der Waals surface area (Å²) < 4.78 is 26.7. The lowest BCUT2D eigenvalue weighted by Gasteiger charge is -2.26. The Hall–Kier alpha value is -1.11. The van der Waals surface area contributed by atoms with Crippen molar-refractivity contribution in [3.63, 3.8) is 0 Å². The van der Waals surface area contributed by atoms with Crippen LogP contribution >= 0.6 is 0 Å². The van der Waals surface area contributed by atoms with E-state index >= 15 is 0 Å². The maximum atomic E-state index is 12.6. The molecule has 2 aliphatic rings. The molecule has 0 saturated heterocycles. The summed E-state index contributed by atoms with van der Waals surface area (Å²) in [4.78, 5) is 0.326. The molecule has 0 aliphatic heterocycles. The van der Waals surface area contributed by atoms with Gasteiger partial charge in [0.05, 0.1) is 4.90 Å². The van der Waals surface area contributed by atoms with Gasteiger partial charge in [0.2, 0.25) is 10.0 Å². The minimum atomic E-state index is -3.40. The van der Waals surface area contributed by atoms with Crippen LogP contribution in [0.15, 0.2) is 29.2 Å². The summed E-state index contributed by atoms with van der Waals surface area (Å²) in [5.74, 6) is 7.41. The number of hydrogen-bond donors (Lipinski definition) is 2.